The van der Waals surface area contributed by atoms with Crippen molar-refractivity contribution in [3.05, 3.63) is 0 Å². The Morgan fingerprint density at radius 1 is 1.40 bits per heavy atom. The summed E-state index contributed by atoms with van der Waals surface area (Å²) in [4.78, 5) is 25.2. The summed E-state index contributed by atoms with van der Waals surface area (Å²) >= 11 is 0. The Bertz CT molecular complexity index is 350. The van der Waals surface area contributed by atoms with Crippen molar-refractivity contribution in [2.24, 2.45) is 11.7 Å². The van der Waals surface area contributed by atoms with E-state index in [4.69, 9.17) is 10.5 Å². The molecular formula is C14H25N3O3. The molecule has 1 heterocycles. The Kier molecular flexibility index (Phi) is 5.37. The molecule has 1 saturated carbocycles. The van der Waals surface area contributed by atoms with E-state index in [2.05, 4.69) is 5.32 Å². The number of carbonyl (C=O) groups excluding carboxylic acids is 2. The van der Waals surface area contributed by atoms with Crippen LogP contribution in [0.4, 0.5) is 0 Å². The second-order valence-electron chi connectivity index (χ2n) is 5.75. The molecule has 114 valence electrons. The Hall–Kier alpha value is -1.14. The van der Waals surface area contributed by atoms with Crippen LogP contribution in [0, 0.1) is 5.92 Å². The van der Waals surface area contributed by atoms with Gasteiger partial charge in [0.2, 0.25) is 11.8 Å². The van der Waals surface area contributed by atoms with E-state index in [-0.39, 0.29) is 18.5 Å². The first-order valence-electron chi connectivity index (χ1n) is 7.50. The third-order valence-corrected chi connectivity index (χ3v) is 4.18. The number of hydrogen-bond acceptors (Lipinski definition) is 4. The number of nitrogens with two attached hydrogens (primary N) is 1. The number of carbonyl (C=O) groups is 2. The second kappa shape index (κ2) is 7.04. The van der Waals surface area contributed by atoms with Crippen molar-refractivity contribution < 1.29 is 14.3 Å². The van der Waals surface area contributed by atoms with E-state index < -0.39 is 5.91 Å². The van der Waals surface area contributed by atoms with Crippen molar-refractivity contribution in [2.45, 2.75) is 44.8 Å². The summed E-state index contributed by atoms with van der Waals surface area (Å²) in [6.45, 7) is 4.40. The summed E-state index contributed by atoms with van der Waals surface area (Å²) in [5.41, 5.74) is 5.26. The van der Waals surface area contributed by atoms with Crippen LogP contribution in [-0.2, 0) is 14.3 Å². The number of ether oxygens (including phenoxy) is 1. The van der Waals surface area contributed by atoms with Crippen molar-refractivity contribution >= 4 is 11.8 Å². The minimum atomic E-state index is -0.439. The normalized spacial score (nSPS) is 28.9. The van der Waals surface area contributed by atoms with Gasteiger partial charge in [-0.25, -0.2) is 0 Å². The van der Waals surface area contributed by atoms with Crippen LogP contribution in [0.15, 0.2) is 0 Å². The Morgan fingerprint density at radius 3 is 2.70 bits per heavy atom. The Morgan fingerprint density at radius 2 is 2.15 bits per heavy atom. The molecule has 0 aromatic rings. The molecule has 1 aliphatic carbocycles. The number of rotatable bonds is 7. The maximum Gasteiger partial charge on any atom is 0.237 e. The van der Waals surface area contributed by atoms with Gasteiger partial charge in [-0.3, -0.25) is 9.59 Å². The first-order valence-corrected chi connectivity index (χ1v) is 7.50. The van der Waals surface area contributed by atoms with Crippen LogP contribution >= 0.6 is 0 Å². The Balaban J connectivity index is 1.82. The van der Waals surface area contributed by atoms with E-state index >= 15 is 0 Å². The maximum absolute atomic E-state index is 12.4. The topological polar surface area (TPSA) is 84.7 Å². The van der Waals surface area contributed by atoms with E-state index in [0.717, 1.165) is 39.0 Å². The molecule has 0 spiro atoms. The molecule has 6 nitrogen and oxygen atoms in total. The van der Waals surface area contributed by atoms with Gasteiger partial charge in [-0.15, -0.1) is 0 Å². The highest BCUT2D eigenvalue weighted by atomic mass is 16.5. The van der Waals surface area contributed by atoms with E-state index in [9.17, 15) is 9.59 Å². The highest BCUT2D eigenvalue weighted by molar-refractivity contribution is 5.84. The average molecular weight is 283 g/mol. The zero-order valence-electron chi connectivity index (χ0n) is 12.1. The molecule has 3 N–H and O–H groups in total. The zero-order valence-corrected chi connectivity index (χ0v) is 12.1. The molecule has 1 aliphatic heterocycles. The van der Waals surface area contributed by atoms with Crippen molar-refractivity contribution in [3.8, 4) is 0 Å². The molecule has 0 aromatic carbocycles. The van der Waals surface area contributed by atoms with Gasteiger partial charge in [0.1, 0.15) is 0 Å². The molecular weight excluding hydrogens is 258 g/mol. The van der Waals surface area contributed by atoms with Crippen LogP contribution in [0.5, 0.6) is 0 Å². The molecule has 2 rings (SSSR count). The van der Waals surface area contributed by atoms with Crippen molar-refractivity contribution in [1.82, 2.24) is 10.2 Å². The summed E-state index contributed by atoms with van der Waals surface area (Å²) in [6, 6.07) is 0.109. The van der Waals surface area contributed by atoms with Gasteiger partial charge >= 0.3 is 0 Å². The molecule has 1 saturated heterocycles. The lowest BCUT2D eigenvalue weighted by molar-refractivity contribution is -0.140. The lowest BCUT2D eigenvalue weighted by atomic mass is 9.79. The number of amides is 2. The summed E-state index contributed by atoms with van der Waals surface area (Å²) in [7, 11) is 0. The van der Waals surface area contributed by atoms with Crippen molar-refractivity contribution in [3.63, 3.8) is 0 Å². The molecule has 0 aromatic heterocycles. The first kappa shape index (κ1) is 15.3. The van der Waals surface area contributed by atoms with Crippen molar-refractivity contribution in [1.29, 1.82) is 0 Å². The third-order valence-electron chi connectivity index (χ3n) is 4.18. The average Bonchev–Trinajstić information content (AvgIpc) is 2.86. The van der Waals surface area contributed by atoms with E-state index in [1.807, 2.05) is 6.92 Å². The number of nitrogens with one attached hydrogen (secondary N) is 1. The van der Waals surface area contributed by atoms with Gasteiger partial charge in [0.15, 0.2) is 0 Å². The van der Waals surface area contributed by atoms with Gasteiger partial charge in [-0.2, -0.15) is 0 Å². The fourth-order valence-corrected chi connectivity index (χ4v) is 3.07. The van der Waals surface area contributed by atoms with Crippen LogP contribution in [0.3, 0.4) is 0 Å². The fourth-order valence-electron chi connectivity index (χ4n) is 3.07. The van der Waals surface area contributed by atoms with Gasteiger partial charge in [0.05, 0.1) is 12.6 Å². The number of hydrogen-bond donors (Lipinski definition) is 2. The smallest absolute Gasteiger partial charge is 0.237 e. The van der Waals surface area contributed by atoms with Crippen LogP contribution in [0.2, 0.25) is 0 Å². The SMILES string of the molecule is CCOC1CC(CC(=O)N(CC(N)=O)C2CCNC2)C1. The lowest BCUT2D eigenvalue weighted by Gasteiger charge is -2.36. The molecule has 1 atom stereocenters. The second-order valence-corrected chi connectivity index (χ2v) is 5.75. The molecule has 1 unspecified atom stereocenters. The lowest BCUT2D eigenvalue weighted by Crippen LogP contribution is -2.47. The van der Waals surface area contributed by atoms with Gasteiger partial charge in [-0.05, 0) is 38.6 Å². The molecule has 6 heteroatoms. The zero-order chi connectivity index (χ0) is 14.5. The monoisotopic (exact) mass is 283 g/mol. The minimum absolute atomic E-state index is 0.0345. The predicted octanol–water partition coefficient (Wildman–Crippen LogP) is -0.133. The predicted molar refractivity (Wildman–Crippen MR) is 74.9 cm³/mol. The highest BCUT2D eigenvalue weighted by Gasteiger charge is 2.34. The summed E-state index contributed by atoms with van der Waals surface area (Å²) in [5, 5.41) is 3.22. The van der Waals surface area contributed by atoms with Gasteiger partial charge in [-0.1, -0.05) is 0 Å². The van der Waals surface area contributed by atoms with Crippen molar-refractivity contribution in [2.75, 3.05) is 26.2 Å². The maximum atomic E-state index is 12.4. The largest absolute Gasteiger partial charge is 0.378 e. The minimum Gasteiger partial charge on any atom is -0.378 e. The summed E-state index contributed by atoms with van der Waals surface area (Å²) < 4.78 is 5.51. The van der Waals surface area contributed by atoms with Gasteiger partial charge in [0.25, 0.3) is 0 Å². The van der Waals surface area contributed by atoms with E-state index in [1.54, 1.807) is 4.90 Å². The molecule has 20 heavy (non-hydrogen) atoms. The molecule has 2 fully saturated rings. The molecule has 2 amide bonds. The number of primary amides is 1. The third kappa shape index (κ3) is 3.93. The fraction of sp³-hybridized carbons (Fsp3) is 0.857. The standard InChI is InChI=1S/C14H25N3O3/c1-2-20-12-5-10(6-12)7-14(19)17(9-13(15)18)11-3-4-16-8-11/h10-12,16H,2-9H2,1H3,(H2,15,18). The summed E-state index contributed by atoms with van der Waals surface area (Å²) in [5.74, 6) is 0.00675. The van der Waals surface area contributed by atoms with Gasteiger partial charge in [0, 0.05) is 25.6 Å². The quantitative estimate of drug-likeness (QED) is 0.681. The van der Waals surface area contributed by atoms with E-state index in [1.165, 1.54) is 0 Å². The van der Waals surface area contributed by atoms with Crippen LogP contribution in [-0.4, -0.2) is 55.1 Å². The highest BCUT2D eigenvalue weighted by Crippen LogP contribution is 2.33. The number of nitrogens with zero attached hydrogens (tertiary/aromatic N) is 1. The molecule has 2 aliphatic rings. The summed E-state index contributed by atoms with van der Waals surface area (Å²) in [6.07, 6.45) is 3.62. The van der Waals surface area contributed by atoms with Crippen LogP contribution in [0.1, 0.15) is 32.6 Å². The van der Waals surface area contributed by atoms with Crippen LogP contribution in [0.25, 0.3) is 0 Å². The molecule has 0 radical (unpaired) electrons. The Labute approximate surface area is 120 Å². The van der Waals surface area contributed by atoms with Crippen LogP contribution < -0.4 is 11.1 Å². The van der Waals surface area contributed by atoms with E-state index in [0.29, 0.717) is 18.4 Å². The molecule has 0 bridgehead atoms. The van der Waals surface area contributed by atoms with Gasteiger partial charge < -0.3 is 20.7 Å². The first-order chi connectivity index (χ1) is 9.60.